The van der Waals surface area contributed by atoms with Crippen molar-refractivity contribution in [2.45, 2.75) is 64.3 Å². The van der Waals surface area contributed by atoms with Crippen LogP contribution in [0.4, 0.5) is 4.79 Å². The Morgan fingerprint density at radius 1 is 0.902 bits per heavy atom. The summed E-state index contributed by atoms with van der Waals surface area (Å²) in [5, 5.41) is 27.1. The normalized spacial score (nSPS) is 14.4. The molecule has 0 aliphatic heterocycles. The quantitative estimate of drug-likeness (QED) is 0.261. The van der Waals surface area contributed by atoms with E-state index in [1.54, 1.807) is 50.7 Å². The van der Waals surface area contributed by atoms with E-state index in [0.717, 1.165) is 16.0 Å². The van der Waals surface area contributed by atoms with Crippen LogP contribution in [-0.2, 0) is 18.3 Å². The molecule has 1 heterocycles. The van der Waals surface area contributed by atoms with Crippen molar-refractivity contribution >= 4 is 17.9 Å². The first kappa shape index (κ1) is 31.4. The number of amides is 3. The van der Waals surface area contributed by atoms with Crippen molar-refractivity contribution in [1.82, 2.24) is 20.1 Å². The van der Waals surface area contributed by atoms with Crippen LogP contribution < -0.4 is 10.6 Å². The molecule has 9 nitrogen and oxygen atoms in total. The number of aryl methyl sites for hydroxylation is 1. The number of hydrogen-bond acceptors (Lipinski definition) is 4. The molecule has 0 spiro atoms. The highest BCUT2D eigenvalue weighted by molar-refractivity contribution is 5.93. The summed E-state index contributed by atoms with van der Waals surface area (Å²) in [6.07, 6.45) is 0.681. The summed E-state index contributed by atoms with van der Waals surface area (Å²) < 4.78 is 1.75. The Bertz CT molecular complexity index is 1290. The summed E-state index contributed by atoms with van der Waals surface area (Å²) in [7, 11) is 3.18. The van der Waals surface area contributed by atoms with Gasteiger partial charge in [-0.3, -0.25) is 14.5 Å². The largest absolute Gasteiger partial charge is 0.465 e. The van der Waals surface area contributed by atoms with Crippen LogP contribution in [-0.4, -0.2) is 62.8 Å². The van der Waals surface area contributed by atoms with Gasteiger partial charge in [0.1, 0.15) is 11.7 Å². The van der Waals surface area contributed by atoms with Crippen molar-refractivity contribution in [3.8, 4) is 0 Å². The van der Waals surface area contributed by atoms with Crippen LogP contribution in [0.5, 0.6) is 0 Å². The van der Waals surface area contributed by atoms with E-state index in [1.807, 2.05) is 60.7 Å². The fraction of sp³-hybridized carbons (Fsp3) is 0.406. The number of aromatic nitrogens is 1. The van der Waals surface area contributed by atoms with E-state index in [2.05, 4.69) is 10.6 Å². The molecule has 4 atom stereocenters. The second-order valence-electron chi connectivity index (χ2n) is 11.6. The van der Waals surface area contributed by atoms with Crippen LogP contribution in [0.3, 0.4) is 0 Å². The minimum absolute atomic E-state index is 0.222. The topological polar surface area (TPSA) is 124 Å². The Hall–Kier alpha value is -4.11. The van der Waals surface area contributed by atoms with Crippen molar-refractivity contribution in [3.63, 3.8) is 0 Å². The Kier molecular flexibility index (Phi) is 10.7. The Balaban J connectivity index is 1.82. The molecule has 4 N–H and O–H groups in total. The van der Waals surface area contributed by atoms with Gasteiger partial charge in [0.15, 0.2) is 0 Å². The molecule has 0 aliphatic rings. The van der Waals surface area contributed by atoms with Crippen molar-refractivity contribution in [1.29, 1.82) is 0 Å². The van der Waals surface area contributed by atoms with E-state index in [1.165, 1.54) is 7.05 Å². The van der Waals surface area contributed by atoms with Gasteiger partial charge in [0.2, 0.25) is 5.91 Å². The highest BCUT2D eigenvalue weighted by Crippen LogP contribution is 2.26. The number of nitrogens with one attached hydrogen (secondary N) is 2. The smallest absolute Gasteiger partial charge is 0.407 e. The first-order valence-corrected chi connectivity index (χ1v) is 13.8. The van der Waals surface area contributed by atoms with E-state index >= 15 is 0 Å². The number of rotatable bonds is 12. The average Bonchev–Trinajstić information content (AvgIpc) is 3.36. The number of hydrogen-bond donors (Lipinski definition) is 4. The zero-order chi connectivity index (χ0) is 30.2. The lowest BCUT2D eigenvalue weighted by Gasteiger charge is -2.37. The van der Waals surface area contributed by atoms with Gasteiger partial charge < -0.3 is 25.4 Å². The second-order valence-corrected chi connectivity index (χ2v) is 11.6. The average molecular weight is 563 g/mol. The standard InChI is InChI=1S/C32H42N4O5/c1-32(2,3)28(36(5)31(40)41)30(39)34-25(21-22-13-8-6-9-14-22)27(37)19-18-24(23-15-10-7-11-16-23)33-29(38)26-17-12-20-35(26)4/h6-17,20,24-25,27-28,37H,18-19,21H2,1-5H3,(H,33,38)(H,34,39)(H,40,41)/t24?,25-,27+,28+/m0/s1. The Morgan fingerprint density at radius 2 is 1.51 bits per heavy atom. The molecule has 0 aliphatic carbocycles. The summed E-state index contributed by atoms with van der Waals surface area (Å²) in [6, 6.07) is 20.6. The third-order valence-corrected chi connectivity index (χ3v) is 7.28. The molecule has 2 aromatic carbocycles. The molecule has 1 aromatic heterocycles. The van der Waals surface area contributed by atoms with Crippen LogP contribution in [0.1, 0.15) is 61.3 Å². The molecular weight excluding hydrogens is 520 g/mol. The molecule has 3 amide bonds. The summed E-state index contributed by atoms with van der Waals surface area (Å²) in [4.78, 5) is 39.4. The highest BCUT2D eigenvalue weighted by Gasteiger charge is 2.38. The summed E-state index contributed by atoms with van der Waals surface area (Å²) in [5.74, 6) is -0.696. The molecule has 9 heteroatoms. The van der Waals surface area contributed by atoms with Crippen LogP contribution in [0.25, 0.3) is 0 Å². The monoisotopic (exact) mass is 562 g/mol. The van der Waals surface area contributed by atoms with Crippen molar-refractivity contribution in [3.05, 3.63) is 95.8 Å². The number of carbonyl (C=O) groups excluding carboxylic acids is 2. The molecular formula is C32H42N4O5. The number of carboxylic acid groups (broad SMARTS) is 1. The van der Waals surface area contributed by atoms with Crippen molar-refractivity contribution in [2.24, 2.45) is 12.5 Å². The maximum absolute atomic E-state index is 13.5. The van der Waals surface area contributed by atoms with Gasteiger partial charge in [0, 0.05) is 20.3 Å². The molecule has 0 radical (unpaired) electrons. The maximum Gasteiger partial charge on any atom is 0.407 e. The van der Waals surface area contributed by atoms with E-state index in [-0.39, 0.29) is 18.4 Å². The highest BCUT2D eigenvalue weighted by atomic mass is 16.4. The van der Waals surface area contributed by atoms with Gasteiger partial charge in [-0.05, 0) is 47.9 Å². The lowest BCUT2D eigenvalue weighted by atomic mass is 9.84. The van der Waals surface area contributed by atoms with Gasteiger partial charge in [-0.25, -0.2) is 4.79 Å². The molecule has 3 aromatic rings. The molecule has 0 saturated heterocycles. The summed E-state index contributed by atoms with van der Waals surface area (Å²) >= 11 is 0. The van der Waals surface area contributed by atoms with Gasteiger partial charge in [-0.2, -0.15) is 0 Å². The molecule has 0 fully saturated rings. The fourth-order valence-electron chi connectivity index (χ4n) is 5.15. The number of carbonyl (C=O) groups is 3. The first-order valence-electron chi connectivity index (χ1n) is 13.8. The first-order chi connectivity index (χ1) is 19.4. The van der Waals surface area contributed by atoms with Gasteiger partial charge in [-0.1, -0.05) is 81.4 Å². The minimum atomic E-state index is -1.21. The number of nitrogens with zero attached hydrogens (tertiary/aromatic N) is 2. The summed E-state index contributed by atoms with van der Waals surface area (Å²) in [5.41, 5.74) is 1.67. The second kappa shape index (κ2) is 14.0. The van der Waals surface area contributed by atoms with Gasteiger partial charge in [0.05, 0.1) is 18.2 Å². The Morgan fingerprint density at radius 3 is 2.05 bits per heavy atom. The van der Waals surface area contributed by atoms with Gasteiger partial charge >= 0.3 is 6.09 Å². The zero-order valence-corrected chi connectivity index (χ0v) is 24.4. The van der Waals surface area contributed by atoms with E-state index in [0.29, 0.717) is 18.5 Å². The minimum Gasteiger partial charge on any atom is -0.465 e. The predicted octanol–water partition coefficient (Wildman–Crippen LogP) is 4.39. The van der Waals surface area contributed by atoms with E-state index in [4.69, 9.17) is 0 Å². The molecule has 0 bridgehead atoms. The third kappa shape index (κ3) is 8.69. The SMILES string of the molecule is CN(C(=O)O)[C@H](C(=O)N[C@@H](Cc1ccccc1)[C@H](O)CCC(NC(=O)c1cccn1C)c1ccccc1)C(C)(C)C. The molecule has 220 valence electrons. The molecule has 1 unspecified atom stereocenters. The van der Waals surface area contributed by atoms with Crippen LogP contribution in [0.15, 0.2) is 79.0 Å². The number of aliphatic hydroxyl groups excluding tert-OH is 1. The van der Waals surface area contributed by atoms with Gasteiger partial charge in [0.25, 0.3) is 5.91 Å². The fourth-order valence-corrected chi connectivity index (χ4v) is 5.15. The van der Waals surface area contributed by atoms with Crippen LogP contribution >= 0.6 is 0 Å². The lowest BCUT2D eigenvalue weighted by Crippen LogP contribution is -2.57. The zero-order valence-electron chi connectivity index (χ0n) is 24.4. The van der Waals surface area contributed by atoms with Gasteiger partial charge in [-0.15, -0.1) is 0 Å². The maximum atomic E-state index is 13.5. The molecule has 41 heavy (non-hydrogen) atoms. The molecule has 3 rings (SSSR count). The number of benzene rings is 2. The predicted molar refractivity (Wildman–Crippen MR) is 158 cm³/mol. The van der Waals surface area contributed by atoms with Crippen LogP contribution in [0.2, 0.25) is 0 Å². The number of aliphatic hydroxyl groups is 1. The Labute approximate surface area is 242 Å². The van der Waals surface area contributed by atoms with Crippen LogP contribution in [0, 0.1) is 5.41 Å². The number of likely N-dealkylation sites (N-methyl/N-ethyl adjacent to an activating group) is 1. The summed E-state index contributed by atoms with van der Waals surface area (Å²) in [6.45, 7) is 5.41. The lowest BCUT2D eigenvalue weighted by molar-refractivity contribution is -0.130. The van der Waals surface area contributed by atoms with E-state index < -0.39 is 35.6 Å². The third-order valence-electron chi connectivity index (χ3n) is 7.28. The van der Waals surface area contributed by atoms with Crippen molar-refractivity contribution in [2.75, 3.05) is 7.05 Å². The van der Waals surface area contributed by atoms with E-state index in [9.17, 15) is 24.6 Å². The molecule has 0 saturated carbocycles. The van der Waals surface area contributed by atoms with Crippen molar-refractivity contribution < 1.29 is 24.6 Å².